The molecule has 0 aliphatic carbocycles. The molecule has 1 aromatic carbocycles. The third-order valence-electron chi connectivity index (χ3n) is 3.05. The van der Waals surface area contributed by atoms with Crippen LogP contribution in [0.2, 0.25) is 5.02 Å². The van der Waals surface area contributed by atoms with Crippen molar-refractivity contribution in [3.63, 3.8) is 0 Å². The summed E-state index contributed by atoms with van der Waals surface area (Å²) in [6.45, 7) is 0.701. The summed E-state index contributed by atoms with van der Waals surface area (Å²) in [5.74, 6) is -0.169. The molecular weight excluding hydrogens is 322 g/mol. The van der Waals surface area contributed by atoms with E-state index in [2.05, 4.69) is 10.3 Å². The van der Waals surface area contributed by atoms with Crippen LogP contribution in [0.25, 0.3) is 0 Å². The van der Waals surface area contributed by atoms with Gasteiger partial charge in [0.2, 0.25) is 5.91 Å². The summed E-state index contributed by atoms with van der Waals surface area (Å²) in [6, 6.07) is 6.88. The van der Waals surface area contributed by atoms with Crippen LogP contribution in [0.15, 0.2) is 29.6 Å². The number of aromatic nitrogens is 1. The van der Waals surface area contributed by atoms with Gasteiger partial charge in [-0.2, -0.15) is 0 Å². The Morgan fingerprint density at radius 1 is 1.41 bits per heavy atom. The quantitative estimate of drug-likeness (QED) is 0.716. The molecule has 1 heterocycles. The van der Waals surface area contributed by atoms with Crippen LogP contribution in [-0.2, 0) is 17.6 Å². The first kappa shape index (κ1) is 16.9. The molecule has 0 radical (unpaired) electrons. The molecule has 2 aromatic rings. The lowest BCUT2D eigenvalue weighted by atomic mass is 10.1. The van der Waals surface area contributed by atoms with Gasteiger partial charge in [-0.25, -0.2) is 4.98 Å². The van der Waals surface area contributed by atoms with Gasteiger partial charge in [0.05, 0.1) is 23.2 Å². The molecule has 0 spiro atoms. The van der Waals surface area contributed by atoms with Gasteiger partial charge in [0, 0.05) is 23.4 Å². The average Bonchev–Trinajstić information content (AvgIpc) is 2.93. The van der Waals surface area contributed by atoms with E-state index in [1.807, 2.05) is 5.38 Å². The number of nitrogens with zero attached hydrogens (tertiary/aromatic N) is 1. The zero-order valence-electron chi connectivity index (χ0n) is 12.0. The first-order chi connectivity index (χ1) is 10.6. The van der Waals surface area contributed by atoms with E-state index in [4.69, 9.17) is 17.3 Å². The summed E-state index contributed by atoms with van der Waals surface area (Å²) in [6.07, 6.45) is 0.167. The molecule has 22 heavy (non-hydrogen) atoms. The van der Waals surface area contributed by atoms with Gasteiger partial charge < -0.3 is 16.2 Å². The lowest BCUT2D eigenvalue weighted by Crippen LogP contribution is -2.29. The highest BCUT2D eigenvalue weighted by Crippen LogP contribution is 2.16. The minimum absolute atomic E-state index is 0.153. The first-order valence-electron chi connectivity index (χ1n) is 6.92. The van der Waals surface area contributed by atoms with Gasteiger partial charge in [-0.05, 0) is 24.2 Å². The number of hydrogen-bond donors (Lipinski definition) is 3. The van der Waals surface area contributed by atoms with Gasteiger partial charge in [-0.1, -0.05) is 23.7 Å². The number of halogens is 1. The zero-order chi connectivity index (χ0) is 15.9. The standard InChI is InChI=1S/C15H18ClN3O2S/c16-11-3-1-10(2-4-11)13(20)8-18-14(21)7-12-9-22-15(19-12)5-6-17/h1-4,9,13,20H,5-8,17H2,(H,18,21). The van der Waals surface area contributed by atoms with Crippen LogP contribution in [-0.4, -0.2) is 29.1 Å². The first-order valence-corrected chi connectivity index (χ1v) is 8.18. The Labute approximate surface area is 138 Å². The van der Waals surface area contributed by atoms with Crippen molar-refractivity contribution in [3.05, 3.63) is 50.9 Å². The topological polar surface area (TPSA) is 88.2 Å². The minimum atomic E-state index is -0.760. The Morgan fingerprint density at radius 2 is 2.14 bits per heavy atom. The van der Waals surface area contributed by atoms with Crippen molar-refractivity contribution in [2.45, 2.75) is 18.9 Å². The van der Waals surface area contributed by atoms with E-state index in [0.717, 1.165) is 17.1 Å². The summed E-state index contributed by atoms with van der Waals surface area (Å²) >= 11 is 7.30. The van der Waals surface area contributed by atoms with E-state index in [0.29, 0.717) is 17.1 Å². The highest BCUT2D eigenvalue weighted by Gasteiger charge is 2.11. The van der Waals surface area contributed by atoms with E-state index in [1.54, 1.807) is 24.3 Å². The average molecular weight is 340 g/mol. The molecule has 1 unspecified atom stereocenters. The fourth-order valence-electron chi connectivity index (χ4n) is 1.91. The summed E-state index contributed by atoms with van der Waals surface area (Å²) < 4.78 is 0. The highest BCUT2D eigenvalue weighted by atomic mass is 35.5. The van der Waals surface area contributed by atoms with Crippen LogP contribution >= 0.6 is 22.9 Å². The number of carbonyl (C=O) groups excluding carboxylic acids is 1. The number of rotatable bonds is 7. The number of thiazole rings is 1. The molecule has 1 atom stereocenters. The molecule has 2 rings (SSSR count). The van der Waals surface area contributed by atoms with Crippen molar-refractivity contribution in [2.24, 2.45) is 5.73 Å². The van der Waals surface area contributed by atoms with Crippen molar-refractivity contribution in [1.29, 1.82) is 0 Å². The van der Waals surface area contributed by atoms with Gasteiger partial charge in [-0.15, -0.1) is 11.3 Å². The Morgan fingerprint density at radius 3 is 2.82 bits per heavy atom. The molecule has 1 aromatic heterocycles. The monoisotopic (exact) mass is 339 g/mol. The van der Waals surface area contributed by atoms with Gasteiger partial charge in [0.15, 0.2) is 0 Å². The number of hydrogen-bond acceptors (Lipinski definition) is 5. The maximum absolute atomic E-state index is 11.9. The summed E-state index contributed by atoms with van der Waals surface area (Å²) in [5.41, 5.74) is 6.91. The van der Waals surface area contributed by atoms with Crippen LogP contribution in [0.3, 0.4) is 0 Å². The predicted octanol–water partition coefficient (Wildman–Crippen LogP) is 1.69. The lowest BCUT2D eigenvalue weighted by molar-refractivity contribution is -0.120. The van der Waals surface area contributed by atoms with Crippen molar-refractivity contribution in [1.82, 2.24) is 10.3 Å². The van der Waals surface area contributed by atoms with Crippen LogP contribution in [0.1, 0.15) is 22.4 Å². The maximum atomic E-state index is 11.9. The molecule has 1 amide bonds. The molecule has 5 nitrogen and oxygen atoms in total. The molecule has 0 saturated carbocycles. The number of amides is 1. The van der Waals surface area contributed by atoms with Crippen molar-refractivity contribution < 1.29 is 9.90 Å². The molecule has 0 aliphatic rings. The fourth-order valence-corrected chi connectivity index (χ4v) is 2.85. The molecule has 0 bridgehead atoms. The zero-order valence-corrected chi connectivity index (χ0v) is 13.5. The van der Waals surface area contributed by atoms with E-state index < -0.39 is 6.10 Å². The smallest absolute Gasteiger partial charge is 0.226 e. The van der Waals surface area contributed by atoms with Gasteiger partial charge in [0.25, 0.3) is 0 Å². The lowest BCUT2D eigenvalue weighted by Gasteiger charge is -2.12. The van der Waals surface area contributed by atoms with Crippen molar-refractivity contribution in [2.75, 3.05) is 13.1 Å². The van der Waals surface area contributed by atoms with Gasteiger partial charge >= 0.3 is 0 Å². The third-order valence-corrected chi connectivity index (χ3v) is 4.26. The summed E-state index contributed by atoms with van der Waals surface area (Å²) in [7, 11) is 0. The number of carbonyl (C=O) groups is 1. The molecule has 4 N–H and O–H groups in total. The van der Waals surface area contributed by atoms with Gasteiger partial charge in [0.1, 0.15) is 0 Å². The third kappa shape index (κ3) is 5.06. The maximum Gasteiger partial charge on any atom is 0.226 e. The molecule has 0 fully saturated rings. The summed E-state index contributed by atoms with van der Waals surface area (Å²) in [5, 5.41) is 16.1. The number of nitrogens with two attached hydrogens (primary N) is 1. The molecular formula is C15H18ClN3O2S. The number of nitrogens with one attached hydrogen (secondary N) is 1. The second kappa shape index (κ2) is 8.24. The second-order valence-corrected chi connectivity index (χ2v) is 6.20. The van der Waals surface area contributed by atoms with E-state index in [-0.39, 0.29) is 18.9 Å². The number of aliphatic hydroxyl groups excluding tert-OH is 1. The van der Waals surface area contributed by atoms with E-state index in [9.17, 15) is 9.90 Å². The largest absolute Gasteiger partial charge is 0.387 e. The molecule has 118 valence electrons. The van der Waals surface area contributed by atoms with Crippen molar-refractivity contribution in [3.8, 4) is 0 Å². The van der Waals surface area contributed by atoms with Crippen LogP contribution < -0.4 is 11.1 Å². The second-order valence-electron chi connectivity index (χ2n) is 4.82. The predicted molar refractivity (Wildman–Crippen MR) is 88.0 cm³/mol. The Hall–Kier alpha value is -1.47. The summed E-state index contributed by atoms with van der Waals surface area (Å²) in [4.78, 5) is 16.2. The SMILES string of the molecule is NCCc1nc(CC(=O)NCC(O)c2ccc(Cl)cc2)cs1. The van der Waals surface area contributed by atoms with Crippen LogP contribution in [0, 0.1) is 0 Å². The Bertz CT molecular complexity index is 616. The van der Waals surface area contributed by atoms with E-state index >= 15 is 0 Å². The molecule has 0 aliphatic heterocycles. The number of benzene rings is 1. The van der Waals surface area contributed by atoms with E-state index in [1.165, 1.54) is 11.3 Å². The molecule has 0 saturated heterocycles. The van der Waals surface area contributed by atoms with Crippen molar-refractivity contribution >= 4 is 28.8 Å². The fraction of sp³-hybridized carbons (Fsp3) is 0.333. The van der Waals surface area contributed by atoms with Crippen LogP contribution in [0.5, 0.6) is 0 Å². The Balaban J connectivity index is 1.80. The van der Waals surface area contributed by atoms with Gasteiger partial charge in [-0.3, -0.25) is 4.79 Å². The number of aliphatic hydroxyl groups is 1. The van der Waals surface area contributed by atoms with Crippen LogP contribution in [0.4, 0.5) is 0 Å². The highest BCUT2D eigenvalue weighted by molar-refractivity contribution is 7.09. The Kier molecular flexibility index (Phi) is 6.33. The normalized spacial score (nSPS) is 12.1. The molecule has 7 heteroatoms. The minimum Gasteiger partial charge on any atom is -0.387 e.